The Kier molecular flexibility index (Phi) is 7.61. The summed E-state index contributed by atoms with van der Waals surface area (Å²) in [7, 11) is 3.92. The first-order valence-electron chi connectivity index (χ1n) is 12.3. The number of pyridine rings is 2. The van der Waals surface area contributed by atoms with Crippen molar-refractivity contribution in [2.24, 2.45) is 0 Å². The van der Waals surface area contributed by atoms with Crippen LogP contribution < -0.4 is 10.6 Å². The second-order valence-corrected chi connectivity index (χ2v) is 10.4. The van der Waals surface area contributed by atoms with Gasteiger partial charge in [0.1, 0.15) is 28.9 Å². The summed E-state index contributed by atoms with van der Waals surface area (Å²) in [6, 6.07) is 4.19. The summed E-state index contributed by atoms with van der Waals surface area (Å²) in [5.41, 5.74) is 1.81. The van der Waals surface area contributed by atoms with Gasteiger partial charge in [0.2, 0.25) is 5.91 Å². The number of aromatic nitrogens is 5. The standard InChI is InChI=1S/C25H30FN9O2S/c1-15(33(2)3)35-9-6-19(36)23(35)24(37)28-8-10-34-14-31-17-12-29-21(11-18(17)34)32-25-30-13-20(38-25)22-16(26)5-4-7-27-22/h4-5,7,11-15,19,23,36H,6,8-10H2,1-3H3,(H,28,37)(H,29,30,32)/t15?,19-,23-/m1/s1. The number of amides is 1. The molecule has 1 amide bonds. The highest BCUT2D eigenvalue weighted by Crippen LogP contribution is 2.31. The molecule has 200 valence electrons. The fourth-order valence-electron chi connectivity index (χ4n) is 4.57. The predicted octanol–water partition coefficient (Wildman–Crippen LogP) is 2.29. The molecule has 4 aromatic heterocycles. The fraction of sp³-hybridized carbons (Fsp3) is 0.400. The second kappa shape index (κ2) is 11.1. The molecule has 3 N–H and O–H groups in total. The Balaban J connectivity index is 1.23. The zero-order valence-corrected chi connectivity index (χ0v) is 22.2. The second-order valence-electron chi connectivity index (χ2n) is 9.41. The van der Waals surface area contributed by atoms with Crippen LogP contribution in [0.4, 0.5) is 15.3 Å². The van der Waals surface area contributed by atoms with E-state index in [4.69, 9.17) is 0 Å². The average molecular weight is 540 g/mol. The number of halogens is 1. The molecule has 0 aliphatic carbocycles. The third kappa shape index (κ3) is 5.36. The van der Waals surface area contributed by atoms with Crippen LogP contribution in [-0.2, 0) is 11.3 Å². The van der Waals surface area contributed by atoms with E-state index < -0.39 is 18.0 Å². The number of rotatable bonds is 9. The van der Waals surface area contributed by atoms with Gasteiger partial charge < -0.3 is 20.3 Å². The highest BCUT2D eigenvalue weighted by Gasteiger charge is 2.40. The number of aliphatic hydroxyl groups is 1. The summed E-state index contributed by atoms with van der Waals surface area (Å²) in [4.78, 5) is 34.9. The van der Waals surface area contributed by atoms with Gasteiger partial charge in [-0.25, -0.2) is 19.3 Å². The van der Waals surface area contributed by atoms with Crippen molar-refractivity contribution >= 4 is 39.2 Å². The van der Waals surface area contributed by atoms with Crippen molar-refractivity contribution < 1.29 is 14.3 Å². The summed E-state index contributed by atoms with van der Waals surface area (Å²) in [5, 5.41) is 17.1. The van der Waals surface area contributed by atoms with Crippen molar-refractivity contribution in [1.29, 1.82) is 0 Å². The number of anilines is 2. The molecular formula is C25H30FN9O2S. The topological polar surface area (TPSA) is 124 Å². The van der Waals surface area contributed by atoms with Gasteiger partial charge in [-0.2, -0.15) is 0 Å². The first-order chi connectivity index (χ1) is 18.3. The maximum Gasteiger partial charge on any atom is 0.240 e. The summed E-state index contributed by atoms with van der Waals surface area (Å²) in [6.45, 7) is 3.58. The number of aliphatic hydroxyl groups excluding tert-OH is 1. The third-order valence-corrected chi connectivity index (χ3v) is 7.71. The Morgan fingerprint density at radius 1 is 1.29 bits per heavy atom. The molecule has 3 atom stereocenters. The fourth-order valence-corrected chi connectivity index (χ4v) is 5.39. The first kappa shape index (κ1) is 26.1. The van der Waals surface area contributed by atoms with Crippen molar-refractivity contribution in [3.63, 3.8) is 0 Å². The number of carbonyl (C=O) groups excluding carboxylic acids is 1. The molecule has 0 radical (unpaired) electrons. The third-order valence-electron chi connectivity index (χ3n) is 6.79. The molecule has 1 fully saturated rings. The van der Waals surface area contributed by atoms with E-state index in [0.29, 0.717) is 41.9 Å². The van der Waals surface area contributed by atoms with E-state index in [-0.39, 0.29) is 17.8 Å². The molecule has 4 aromatic rings. The average Bonchev–Trinajstić information content (AvgIpc) is 3.62. The molecule has 0 aromatic carbocycles. The van der Waals surface area contributed by atoms with Gasteiger partial charge in [-0.05, 0) is 39.6 Å². The van der Waals surface area contributed by atoms with E-state index in [9.17, 15) is 14.3 Å². The van der Waals surface area contributed by atoms with Crippen LogP contribution in [0.15, 0.2) is 43.1 Å². The number of hydrogen-bond donors (Lipinski definition) is 3. The Bertz CT molecular complexity index is 1420. The van der Waals surface area contributed by atoms with Crippen molar-refractivity contribution in [3.8, 4) is 10.6 Å². The van der Waals surface area contributed by atoms with Crippen molar-refractivity contribution in [2.45, 2.75) is 38.2 Å². The summed E-state index contributed by atoms with van der Waals surface area (Å²) in [5.74, 6) is -0.0188. The number of hydrogen-bond acceptors (Lipinski definition) is 10. The van der Waals surface area contributed by atoms with Gasteiger partial charge in [0, 0.05) is 38.1 Å². The van der Waals surface area contributed by atoms with Crippen LogP contribution in [0.25, 0.3) is 21.6 Å². The van der Waals surface area contributed by atoms with Gasteiger partial charge in [0.25, 0.3) is 0 Å². The largest absolute Gasteiger partial charge is 0.391 e. The van der Waals surface area contributed by atoms with Gasteiger partial charge in [-0.3, -0.25) is 19.6 Å². The minimum absolute atomic E-state index is 0.0378. The molecule has 13 heteroatoms. The molecule has 0 bridgehead atoms. The van der Waals surface area contributed by atoms with E-state index in [1.807, 2.05) is 41.5 Å². The van der Waals surface area contributed by atoms with Gasteiger partial charge in [0.15, 0.2) is 5.13 Å². The lowest BCUT2D eigenvalue weighted by Crippen LogP contribution is -2.54. The number of imidazole rings is 1. The normalized spacial score (nSPS) is 18.8. The van der Waals surface area contributed by atoms with Crippen LogP contribution >= 0.6 is 11.3 Å². The molecule has 0 saturated carbocycles. The van der Waals surface area contributed by atoms with Crippen LogP contribution in [0.1, 0.15) is 13.3 Å². The smallest absolute Gasteiger partial charge is 0.240 e. The van der Waals surface area contributed by atoms with Crippen molar-refractivity contribution in [3.05, 3.63) is 48.9 Å². The van der Waals surface area contributed by atoms with Gasteiger partial charge in [-0.1, -0.05) is 11.3 Å². The van der Waals surface area contributed by atoms with Crippen LogP contribution in [0.3, 0.4) is 0 Å². The highest BCUT2D eigenvalue weighted by atomic mass is 32.1. The first-order valence-corrected chi connectivity index (χ1v) is 13.2. The van der Waals surface area contributed by atoms with E-state index in [1.54, 1.807) is 31.0 Å². The molecule has 5 heterocycles. The zero-order valence-electron chi connectivity index (χ0n) is 21.4. The van der Waals surface area contributed by atoms with Crippen LogP contribution in [-0.4, -0.2) is 90.8 Å². The lowest BCUT2D eigenvalue weighted by molar-refractivity contribution is -0.130. The number of fused-ring (bicyclic) bond motifs is 1. The van der Waals surface area contributed by atoms with Gasteiger partial charge >= 0.3 is 0 Å². The lowest BCUT2D eigenvalue weighted by Gasteiger charge is -2.34. The van der Waals surface area contributed by atoms with E-state index in [2.05, 4.69) is 30.6 Å². The number of likely N-dealkylation sites (tertiary alicyclic amines) is 1. The predicted molar refractivity (Wildman–Crippen MR) is 143 cm³/mol. The molecule has 5 rings (SSSR count). The van der Waals surface area contributed by atoms with Crippen molar-refractivity contribution in [2.75, 3.05) is 32.5 Å². The molecule has 0 spiro atoms. The Morgan fingerprint density at radius 3 is 2.92 bits per heavy atom. The van der Waals surface area contributed by atoms with E-state index in [0.717, 1.165) is 11.0 Å². The maximum atomic E-state index is 14.1. The summed E-state index contributed by atoms with van der Waals surface area (Å²) in [6.07, 6.45) is 6.41. The van der Waals surface area contributed by atoms with Crippen molar-refractivity contribution in [1.82, 2.24) is 39.6 Å². The molecular weight excluding hydrogens is 509 g/mol. The highest BCUT2D eigenvalue weighted by molar-refractivity contribution is 7.18. The zero-order chi connectivity index (χ0) is 26.8. The van der Waals surface area contributed by atoms with Crippen LogP contribution in [0.5, 0.6) is 0 Å². The Hall–Kier alpha value is -3.52. The SMILES string of the molecule is CC(N(C)C)N1CC[C@@H](O)[C@@H]1C(=O)NCCn1cnc2cnc(Nc3ncc(-c4ncccc4F)s3)cc21. The van der Waals surface area contributed by atoms with E-state index in [1.165, 1.54) is 17.4 Å². The molecule has 1 aliphatic heterocycles. The number of nitrogens with zero attached hydrogens (tertiary/aromatic N) is 7. The molecule has 1 aliphatic rings. The van der Waals surface area contributed by atoms with Crippen LogP contribution in [0.2, 0.25) is 0 Å². The molecule has 1 unspecified atom stereocenters. The quantitative estimate of drug-likeness (QED) is 0.294. The number of thiazole rings is 1. The Morgan fingerprint density at radius 2 is 2.13 bits per heavy atom. The lowest BCUT2D eigenvalue weighted by atomic mass is 10.1. The number of nitrogens with one attached hydrogen (secondary N) is 2. The van der Waals surface area contributed by atoms with Crippen LogP contribution in [0, 0.1) is 5.82 Å². The minimum Gasteiger partial charge on any atom is -0.391 e. The molecule has 1 saturated heterocycles. The minimum atomic E-state index is -0.688. The van der Waals surface area contributed by atoms with E-state index >= 15 is 0 Å². The summed E-state index contributed by atoms with van der Waals surface area (Å²) >= 11 is 1.28. The number of carbonyl (C=O) groups is 1. The molecule has 11 nitrogen and oxygen atoms in total. The van der Waals surface area contributed by atoms with Gasteiger partial charge in [0.05, 0.1) is 35.2 Å². The molecule has 38 heavy (non-hydrogen) atoms. The monoisotopic (exact) mass is 539 g/mol. The Labute approximate surface area is 223 Å². The summed E-state index contributed by atoms with van der Waals surface area (Å²) < 4.78 is 16.0. The van der Waals surface area contributed by atoms with Gasteiger partial charge in [-0.15, -0.1) is 0 Å². The maximum absolute atomic E-state index is 14.1.